The average molecular weight is 519 g/mol. The van der Waals surface area contributed by atoms with Crippen LogP contribution in [0.25, 0.3) is 21.0 Å². The Morgan fingerprint density at radius 3 is 2.42 bits per heavy atom. The Kier molecular flexibility index (Phi) is 6.15. The van der Waals surface area contributed by atoms with Gasteiger partial charge >= 0.3 is 0 Å². The standard InChI is InChI=1S/C30H22N4O3S/c1-37-22-13-9-12-21(18-22)34(30-31-25-16-7-8-17-26(25)38-30)29(36)27-23-14-5-6-15-24(23)28(35)33(32-27)19-20-10-3-2-4-11-20/h2-18H,19H2,1H3. The summed E-state index contributed by atoms with van der Waals surface area (Å²) in [6.07, 6.45) is 0. The van der Waals surface area contributed by atoms with E-state index in [9.17, 15) is 9.59 Å². The van der Waals surface area contributed by atoms with E-state index in [0.29, 0.717) is 27.3 Å². The molecule has 2 heterocycles. The van der Waals surface area contributed by atoms with Crippen LogP contribution in [-0.2, 0) is 6.54 Å². The number of hydrogen-bond donors (Lipinski definition) is 0. The molecule has 0 spiro atoms. The summed E-state index contributed by atoms with van der Waals surface area (Å²) in [6.45, 7) is 0.241. The number of aromatic nitrogens is 3. The molecular formula is C30H22N4O3S. The first-order valence-corrected chi connectivity index (χ1v) is 12.8. The lowest BCUT2D eigenvalue weighted by Crippen LogP contribution is -2.32. The van der Waals surface area contributed by atoms with Crippen molar-refractivity contribution in [2.24, 2.45) is 0 Å². The molecule has 0 N–H and O–H groups in total. The highest BCUT2D eigenvalue weighted by molar-refractivity contribution is 7.22. The molecule has 4 aromatic carbocycles. The summed E-state index contributed by atoms with van der Waals surface area (Å²) in [5.41, 5.74) is 2.19. The van der Waals surface area contributed by atoms with Gasteiger partial charge in [-0.05, 0) is 35.9 Å². The third kappa shape index (κ3) is 4.31. The minimum atomic E-state index is -0.393. The zero-order valence-electron chi connectivity index (χ0n) is 20.4. The molecule has 0 unspecified atom stereocenters. The maximum atomic E-state index is 14.4. The van der Waals surface area contributed by atoms with Crippen LogP contribution in [0, 0.1) is 0 Å². The summed E-state index contributed by atoms with van der Waals surface area (Å²) in [5, 5.41) is 6.03. The van der Waals surface area contributed by atoms with Crippen molar-refractivity contribution in [3.63, 3.8) is 0 Å². The lowest BCUT2D eigenvalue weighted by molar-refractivity contribution is 0.0994. The Labute approximate surface area is 222 Å². The van der Waals surface area contributed by atoms with Gasteiger partial charge in [0.15, 0.2) is 10.8 Å². The molecule has 2 aromatic heterocycles. The van der Waals surface area contributed by atoms with Crippen LogP contribution in [0.5, 0.6) is 5.75 Å². The van der Waals surface area contributed by atoms with Crippen LogP contribution in [0.3, 0.4) is 0 Å². The number of benzene rings is 4. The number of carbonyl (C=O) groups is 1. The van der Waals surface area contributed by atoms with Gasteiger partial charge < -0.3 is 4.74 Å². The molecule has 6 aromatic rings. The molecule has 8 heteroatoms. The van der Waals surface area contributed by atoms with Crippen molar-refractivity contribution in [1.82, 2.24) is 14.8 Å². The van der Waals surface area contributed by atoms with E-state index in [1.165, 1.54) is 16.0 Å². The normalized spacial score (nSPS) is 11.1. The van der Waals surface area contributed by atoms with Crippen molar-refractivity contribution < 1.29 is 9.53 Å². The van der Waals surface area contributed by atoms with E-state index >= 15 is 0 Å². The number of ether oxygens (including phenoxy) is 1. The number of thiazole rings is 1. The van der Waals surface area contributed by atoms with Crippen molar-refractivity contribution in [1.29, 1.82) is 0 Å². The van der Waals surface area contributed by atoms with E-state index in [2.05, 4.69) is 5.10 Å². The molecule has 1 amide bonds. The highest BCUT2D eigenvalue weighted by atomic mass is 32.1. The van der Waals surface area contributed by atoms with E-state index in [1.54, 1.807) is 42.3 Å². The van der Waals surface area contributed by atoms with E-state index < -0.39 is 5.91 Å². The maximum Gasteiger partial charge on any atom is 0.285 e. The van der Waals surface area contributed by atoms with Crippen molar-refractivity contribution in [3.8, 4) is 5.75 Å². The van der Waals surface area contributed by atoms with Gasteiger partial charge in [0.25, 0.3) is 11.5 Å². The average Bonchev–Trinajstić information content (AvgIpc) is 3.39. The topological polar surface area (TPSA) is 77.3 Å². The van der Waals surface area contributed by atoms with E-state index in [4.69, 9.17) is 9.72 Å². The Balaban J connectivity index is 1.56. The second-order valence-corrected chi connectivity index (χ2v) is 9.66. The highest BCUT2D eigenvalue weighted by Crippen LogP contribution is 2.36. The molecular weight excluding hydrogens is 496 g/mol. The second-order valence-electron chi connectivity index (χ2n) is 8.65. The SMILES string of the molecule is COc1cccc(N(C(=O)c2nn(Cc3ccccc3)c(=O)c3ccccc23)c2nc3ccccc3s2)c1. The van der Waals surface area contributed by atoms with E-state index in [-0.39, 0.29) is 17.8 Å². The zero-order chi connectivity index (χ0) is 26.1. The fraction of sp³-hybridized carbons (Fsp3) is 0.0667. The van der Waals surface area contributed by atoms with Gasteiger partial charge in [0.2, 0.25) is 0 Å². The zero-order valence-corrected chi connectivity index (χ0v) is 21.3. The van der Waals surface area contributed by atoms with Gasteiger partial charge in [-0.25, -0.2) is 9.67 Å². The number of fused-ring (bicyclic) bond motifs is 2. The quantitative estimate of drug-likeness (QED) is 0.269. The lowest BCUT2D eigenvalue weighted by atomic mass is 10.1. The molecule has 0 saturated heterocycles. The van der Waals surface area contributed by atoms with Crippen molar-refractivity contribution >= 4 is 49.1 Å². The maximum absolute atomic E-state index is 14.4. The van der Waals surface area contributed by atoms with E-state index in [0.717, 1.165) is 15.8 Å². The Bertz CT molecular complexity index is 1810. The number of hydrogen-bond acceptors (Lipinski definition) is 6. The van der Waals surface area contributed by atoms with Crippen LogP contribution >= 0.6 is 11.3 Å². The molecule has 0 saturated carbocycles. The van der Waals surface area contributed by atoms with Crippen LogP contribution in [0.2, 0.25) is 0 Å². The third-order valence-corrected chi connectivity index (χ3v) is 7.26. The molecule has 7 nitrogen and oxygen atoms in total. The summed E-state index contributed by atoms with van der Waals surface area (Å²) >= 11 is 1.41. The van der Waals surface area contributed by atoms with Crippen molar-refractivity contribution in [2.75, 3.05) is 12.0 Å². The Hall–Kier alpha value is -4.82. The number of carbonyl (C=O) groups excluding carboxylic acids is 1. The predicted octanol–water partition coefficient (Wildman–Crippen LogP) is 6.04. The molecule has 186 valence electrons. The Morgan fingerprint density at radius 2 is 1.63 bits per heavy atom. The minimum absolute atomic E-state index is 0.165. The molecule has 0 fully saturated rings. The van der Waals surface area contributed by atoms with Crippen molar-refractivity contribution in [3.05, 3.63) is 125 Å². The number of rotatable bonds is 6. The predicted molar refractivity (Wildman–Crippen MR) is 151 cm³/mol. The summed E-state index contributed by atoms with van der Waals surface area (Å²) in [4.78, 5) is 34.1. The number of methoxy groups -OCH3 is 1. The van der Waals surface area contributed by atoms with Gasteiger partial charge in [-0.3, -0.25) is 14.5 Å². The lowest BCUT2D eigenvalue weighted by Gasteiger charge is -2.21. The van der Waals surface area contributed by atoms with Gasteiger partial charge in [0, 0.05) is 11.5 Å². The van der Waals surface area contributed by atoms with E-state index in [1.807, 2.05) is 72.8 Å². The van der Waals surface area contributed by atoms with Crippen LogP contribution in [0.1, 0.15) is 16.1 Å². The van der Waals surface area contributed by atoms with Gasteiger partial charge in [0.1, 0.15) is 5.75 Å². The van der Waals surface area contributed by atoms with Gasteiger partial charge in [-0.2, -0.15) is 5.10 Å². The van der Waals surface area contributed by atoms with Crippen LogP contribution in [0.15, 0.2) is 108 Å². The fourth-order valence-corrected chi connectivity index (χ4v) is 5.37. The first-order valence-electron chi connectivity index (χ1n) is 12.0. The van der Waals surface area contributed by atoms with Crippen LogP contribution < -0.4 is 15.2 Å². The summed E-state index contributed by atoms with van der Waals surface area (Å²) in [5.74, 6) is 0.212. The van der Waals surface area contributed by atoms with Crippen LogP contribution in [-0.4, -0.2) is 27.8 Å². The molecule has 38 heavy (non-hydrogen) atoms. The fourth-order valence-electron chi connectivity index (χ4n) is 4.38. The molecule has 0 radical (unpaired) electrons. The Morgan fingerprint density at radius 1 is 0.895 bits per heavy atom. The molecule has 0 aliphatic heterocycles. The third-order valence-electron chi connectivity index (χ3n) is 6.23. The molecule has 0 aliphatic rings. The molecule has 0 bridgehead atoms. The van der Waals surface area contributed by atoms with Gasteiger partial charge in [-0.15, -0.1) is 0 Å². The number of para-hydroxylation sites is 1. The smallest absolute Gasteiger partial charge is 0.285 e. The number of amides is 1. The molecule has 0 aliphatic carbocycles. The number of anilines is 2. The second kappa shape index (κ2) is 9.91. The molecule has 0 atom stereocenters. The first-order chi connectivity index (χ1) is 18.6. The minimum Gasteiger partial charge on any atom is -0.497 e. The number of nitrogens with zero attached hydrogens (tertiary/aromatic N) is 4. The summed E-state index contributed by atoms with van der Waals surface area (Å²) < 4.78 is 7.75. The summed E-state index contributed by atoms with van der Waals surface area (Å²) in [6, 6.07) is 31.6. The van der Waals surface area contributed by atoms with Gasteiger partial charge in [-0.1, -0.05) is 78.1 Å². The molecule has 6 rings (SSSR count). The first kappa shape index (κ1) is 23.6. The summed E-state index contributed by atoms with van der Waals surface area (Å²) in [7, 11) is 1.58. The van der Waals surface area contributed by atoms with Crippen molar-refractivity contribution in [2.45, 2.75) is 6.54 Å². The van der Waals surface area contributed by atoms with Gasteiger partial charge in [0.05, 0.1) is 34.9 Å². The highest BCUT2D eigenvalue weighted by Gasteiger charge is 2.28. The van der Waals surface area contributed by atoms with Crippen LogP contribution in [0.4, 0.5) is 10.8 Å². The largest absolute Gasteiger partial charge is 0.497 e. The monoisotopic (exact) mass is 518 g/mol.